The van der Waals surface area contributed by atoms with Crippen molar-refractivity contribution in [1.82, 2.24) is 15.5 Å². The van der Waals surface area contributed by atoms with E-state index in [-0.39, 0.29) is 12.0 Å². The Bertz CT molecular complexity index is 850. The lowest BCUT2D eigenvalue weighted by molar-refractivity contribution is 0.474. The molecule has 1 aliphatic carbocycles. The highest BCUT2D eigenvalue weighted by Crippen LogP contribution is 2.41. The number of aromatic nitrogens is 2. The molecule has 1 N–H and O–H groups in total. The van der Waals surface area contributed by atoms with Crippen LogP contribution in [0.4, 0.5) is 8.78 Å². The first-order valence-electron chi connectivity index (χ1n) is 7.77. The van der Waals surface area contributed by atoms with Gasteiger partial charge in [0, 0.05) is 17.5 Å². The van der Waals surface area contributed by atoms with E-state index < -0.39 is 11.6 Å². The van der Waals surface area contributed by atoms with Gasteiger partial charge in [-0.05, 0) is 36.2 Å². The minimum atomic E-state index is -0.816. The van der Waals surface area contributed by atoms with Crippen LogP contribution in [0.5, 0.6) is 0 Å². The Balaban J connectivity index is 1.35. The van der Waals surface area contributed by atoms with Gasteiger partial charge >= 0.3 is 0 Å². The normalized spacial score (nSPS) is 19.4. The fraction of sp³-hybridized carbons (Fsp3) is 0.222. The van der Waals surface area contributed by atoms with Crippen molar-refractivity contribution in [2.75, 3.05) is 0 Å². The molecule has 3 aromatic rings. The molecule has 1 saturated carbocycles. The van der Waals surface area contributed by atoms with Gasteiger partial charge < -0.3 is 9.73 Å². The molecule has 1 aromatic heterocycles. The van der Waals surface area contributed by atoms with Crippen molar-refractivity contribution in [1.29, 1.82) is 0 Å². The maximum atomic E-state index is 13.3. The summed E-state index contributed by atoms with van der Waals surface area (Å²) >= 11 is 0. The molecule has 4 rings (SSSR count). The van der Waals surface area contributed by atoms with E-state index >= 15 is 0 Å². The molecule has 4 nitrogen and oxygen atoms in total. The second-order valence-corrected chi connectivity index (χ2v) is 5.87. The highest BCUT2D eigenvalue weighted by molar-refractivity contribution is 5.51. The molecule has 0 amide bonds. The number of hydrogen-bond donors (Lipinski definition) is 1. The van der Waals surface area contributed by atoms with Crippen LogP contribution in [-0.4, -0.2) is 16.2 Å². The Kier molecular flexibility index (Phi) is 3.82. The van der Waals surface area contributed by atoms with Crippen molar-refractivity contribution in [3.05, 3.63) is 71.6 Å². The van der Waals surface area contributed by atoms with Crippen LogP contribution >= 0.6 is 0 Å². The number of rotatable bonds is 5. The lowest BCUT2D eigenvalue weighted by Crippen LogP contribution is -2.17. The molecule has 0 spiro atoms. The van der Waals surface area contributed by atoms with Gasteiger partial charge in [-0.2, -0.15) is 0 Å². The summed E-state index contributed by atoms with van der Waals surface area (Å²) in [6, 6.07) is 13.8. The van der Waals surface area contributed by atoms with E-state index in [1.54, 1.807) is 6.07 Å². The second kappa shape index (κ2) is 6.13. The minimum Gasteiger partial charge on any atom is -0.419 e. The molecule has 0 saturated heterocycles. The van der Waals surface area contributed by atoms with Crippen molar-refractivity contribution in [2.45, 2.75) is 24.9 Å². The second-order valence-electron chi connectivity index (χ2n) is 5.87. The van der Waals surface area contributed by atoms with E-state index in [2.05, 4.69) is 15.5 Å². The van der Waals surface area contributed by atoms with Crippen molar-refractivity contribution in [2.24, 2.45) is 0 Å². The smallest absolute Gasteiger partial charge is 0.247 e. The van der Waals surface area contributed by atoms with E-state index in [1.165, 1.54) is 12.1 Å². The zero-order valence-electron chi connectivity index (χ0n) is 12.7. The zero-order valence-corrected chi connectivity index (χ0v) is 12.7. The molecular formula is C18H15F2N3O. The Morgan fingerprint density at radius 1 is 1.04 bits per heavy atom. The van der Waals surface area contributed by atoms with E-state index in [0.717, 1.165) is 17.5 Å². The Morgan fingerprint density at radius 3 is 2.67 bits per heavy atom. The molecule has 6 heteroatoms. The fourth-order valence-electron chi connectivity index (χ4n) is 2.77. The number of hydrogen-bond acceptors (Lipinski definition) is 4. The van der Waals surface area contributed by atoms with Gasteiger partial charge in [0.25, 0.3) is 0 Å². The van der Waals surface area contributed by atoms with Crippen molar-refractivity contribution >= 4 is 0 Å². The van der Waals surface area contributed by atoms with Gasteiger partial charge in [-0.25, -0.2) is 8.78 Å². The van der Waals surface area contributed by atoms with Gasteiger partial charge in [0.05, 0.1) is 6.54 Å². The third-order valence-corrected chi connectivity index (χ3v) is 4.17. The summed E-state index contributed by atoms with van der Waals surface area (Å²) in [4.78, 5) is 0. The van der Waals surface area contributed by atoms with Crippen LogP contribution in [0.25, 0.3) is 11.5 Å². The maximum Gasteiger partial charge on any atom is 0.247 e. The first-order valence-corrected chi connectivity index (χ1v) is 7.77. The van der Waals surface area contributed by atoms with Crippen molar-refractivity contribution in [3.63, 3.8) is 0 Å². The van der Waals surface area contributed by atoms with Crippen LogP contribution < -0.4 is 5.32 Å². The number of benzene rings is 2. The molecule has 1 aliphatic rings. The van der Waals surface area contributed by atoms with Gasteiger partial charge in [-0.1, -0.05) is 24.3 Å². The maximum absolute atomic E-state index is 13.3. The van der Waals surface area contributed by atoms with E-state index in [0.29, 0.717) is 18.3 Å². The third-order valence-electron chi connectivity index (χ3n) is 4.17. The monoisotopic (exact) mass is 327 g/mol. The fourth-order valence-corrected chi connectivity index (χ4v) is 2.77. The molecule has 1 heterocycles. The van der Waals surface area contributed by atoms with Crippen LogP contribution in [0.1, 0.15) is 23.8 Å². The van der Waals surface area contributed by atoms with Gasteiger partial charge in [-0.3, -0.25) is 0 Å². The summed E-state index contributed by atoms with van der Waals surface area (Å²) in [6.45, 7) is 0.449. The Labute approximate surface area is 137 Å². The van der Waals surface area contributed by atoms with Crippen LogP contribution in [0.2, 0.25) is 0 Å². The van der Waals surface area contributed by atoms with E-state index in [9.17, 15) is 8.78 Å². The minimum absolute atomic E-state index is 0.191. The first-order chi connectivity index (χ1) is 11.7. The highest BCUT2D eigenvalue weighted by Gasteiger charge is 2.38. The molecule has 24 heavy (non-hydrogen) atoms. The van der Waals surface area contributed by atoms with Gasteiger partial charge in [0.2, 0.25) is 11.8 Å². The van der Waals surface area contributed by atoms with Gasteiger partial charge in [0.15, 0.2) is 11.6 Å². The van der Waals surface area contributed by atoms with E-state index in [1.807, 2.05) is 30.3 Å². The number of nitrogens with zero attached hydrogens (tertiary/aromatic N) is 2. The van der Waals surface area contributed by atoms with Gasteiger partial charge in [-0.15, -0.1) is 10.2 Å². The average molecular weight is 327 g/mol. The van der Waals surface area contributed by atoms with Crippen LogP contribution in [0.15, 0.2) is 52.9 Å². The predicted molar refractivity (Wildman–Crippen MR) is 84.1 cm³/mol. The highest BCUT2D eigenvalue weighted by atomic mass is 19.2. The largest absolute Gasteiger partial charge is 0.419 e. The summed E-state index contributed by atoms with van der Waals surface area (Å²) in [5.74, 6) is -0.437. The van der Waals surface area contributed by atoms with Crippen LogP contribution in [-0.2, 0) is 6.54 Å². The third kappa shape index (κ3) is 3.05. The van der Waals surface area contributed by atoms with Crippen molar-refractivity contribution < 1.29 is 13.2 Å². The summed E-state index contributed by atoms with van der Waals surface area (Å²) in [5.41, 5.74) is 1.68. The predicted octanol–water partition coefficient (Wildman–Crippen LogP) is 3.66. The summed E-state index contributed by atoms with van der Waals surface area (Å²) in [5, 5.41) is 11.4. The van der Waals surface area contributed by atoms with Gasteiger partial charge in [0.1, 0.15) is 0 Å². The van der Waals surface area contributed by atoms with E-state index in [4.69, 9.17) is 4.42 Å². The van der Waals surface area contributed by atoms with Crippen molar-refractivity contribution in [3.8, 4) is 11.5 Å². The molecule has 122 valence electrons. The van der Waals surface area contributed by atoms with Crippen LogP contribution in [0.3, 0.4) is 0 Å². The molecule has 0 radical (unpaired) electrons. The molecule has 1 fully saturated rings. The molecule has 0 bridgehead atoms. The standard InChI is InChI=1S/C18H15F2N3O/c19-14-7-6-12(8-15(14)20)13-9-16(13)21-10-17-22-23-18(24-17)11-4-2-1-3-5-11/h1-8,13,16,21H,9-10H2/t13-,16+/m0/s1. The molecule has 2 atom stereocenters. The molecule has 2 aromatic carbocycles. The van der Waals surface area contributed by atoms with Crippen LogP contribution in [0, 0.1) is 11.6 Å². The zero-order chi connectivity index (χ0) is 16.5. The quantitative estimate of drug-likeness (QED) is 0.777. The first kappa shape index (κ1) is 15.0. The summed E-state index contributed by atoms with van der Waals surface area (Å²) < 4.78 is 31.9. The Morgan fingerprint density at radius 2 is 1.88 bits per heavy atom. The number of nitrogens with one attached hydrogen (secondary N) is 1. The summed E-state index contributed by atoms with van der Waals surface area (Å²) in [6.07, 6.45) is 0.880. The average Bonchev–Trinajstić information content (AvgIpc) is 3.23. The molecule has 0 unspecified atom stereocenters. The topological polar surface area (TPSA) is 51.0 Å². The number of halogens is 2. The lowest BCUT2D eigenvalue weighted by Gasteiger charge is -2.02. The SMILES string of the molecule is Fc1ccc([C@@H]2C[C@H]2NCc2nnc(-c3ccccc3)o2)cc1F. The summed E-state index contributed by atoms with van der Waals surface area (Å²) in [7, 11) is 0. The lowest BCUT2D eigenvalue weighted by atomic mass is 10.1. The Hall–Kier alpha value is -2.60. The molecular weight excluding hydrogens is 312 g/mol. The molecule has 0 aliphatic heterocycles.